The van der Waals surface area contributed by atoms with E-state index in [2.05, 4.69) is 10.4 Å². The highest BCUT2D eigenvalue weighted by molar-refractivity contribution is 7.71. The number of anilines is 1. The van der Waals surface area contributed by atoms with Crippen LogP contribution in [0.2, 0.25) is 5.02 Å². The number of fused-ring (bicyclic) bond motifs is 1. The minimum Gasteiger partial charge on any atom is -0.408 e. The maximum Gasteiger partial charge on any atom is 0.289 e. The number of nitrogens with one attached hydrogen (secondary N) is 1. The van der Waals surface area contributed by atoms with Crippen LogP contribution in [0.4, 0.5) is 11.4 Å². The molecule has 0 saturated heterocycles. The third-order valence-electron chi connectivity index (χ3n) is 3.85. The Kier molecular flexibility index (Phi) is 4.65. The Hall–Kier alpha value is -2.75. The molecule has 2 aromatic carbocycles. The first-order valence-corrected chi connectivity index (χ1v) is 9.37. The molecule has 0 bridgehead atoms. The molecule has 0 aliphatic rings. The highest BCUT2D eigenvalue weighted by Gasteiger charge is 2.17. The van der Waals surface area contributed by atoms with Crippen LogP contribution in [0, 0.1) is 15.0 Å². The van der Waals surface area contributed by atoms with Gasteiger partial charge in [-0.3, -0.25) is 10.1 Å². The number of non-ortho nitro benzene ring substituents is 1. The minimum absolute atomic E-state index is 0.0280. The van der Waals surface area contributed by atoms with Crippen LogP contribution >= 0.6 is 35.2 Å². The van der Waals surface area contributed by atoms with Crippen LogP contribution < -0.4 is 5.32 Å². The zero-order valence-corrected chi connectivity index (χ0v) is 16.0. The van der Waals surface area contributed by atoms with Crippen LogP contribution in [0.1, 0.15) is 0 Å². The molecule has 2 aromatic heterocycles. The van der Waals surface area contributed by atoms with Crippen molar-refractivity contribution in [2.75, 3.05) is 5.32 Å². The molecule has 27 heavy (non-hydrogen) atoms. The Bertz CT molecular complexity index is 1200. The summed E-state index contributed by atoms with van der Waals surface area (Å²) in [6.45, 7) is 0.253. The highest BCUT2D eigenvalue weighted by Crippen LogP contribution is 2.41. The monoisotopic (exact) mass is 418 g/mol. The molecule has 1 N–H and O–H groups in total. The van der Waals surface area contributed by atoms with Gasteiger partial charge in [-0.2, -0.15) is 0 Å². The number of hydrogen-bond acceptors (Lipinski definition) is 7. The number of nitrogens with zero attached hydrogens (tertiary/aromatic N) is 3. The van der Waals surface area contributed by atoms with Gasteiger partial charge in [0.05, 0.1) is 9.95 Å². The summed E-state index contributed by atoms with van der Waals surface area (Å²) < 4.78 is 8.15. The van der Waals surface area contributed by atoms with Gasteiger partial charge in [-0.25, -0.2) is 4.68 Å². The topological polar surface area (TPSA) is 86.1 Å². The molecule has 136 valence electrons. The maximum absolute atomic E-state index is 10.7. The molecule has 4 rings (SSSR count). The van der Waals surface area contributed by atoms with Crippen molar-refractivity contribution < 1.29 is 9.34 Å². The van der Waals surface area contributed by atoms with Crippen LogP contribution in [0.25, 0.3) is 20.9 Å². The standard InChI is InChI=1S/C17H11ClN4O3S2/c18-14-12-3-1-2-4-13(12)27-15(14)16-20-21(17(26)25-16)9-19-10-5-7-11(8-6-10)22(23)24/h1-8,19H,9H2. The van der Waals surface area contributed by atoms with Gasteiger partial charge in [0, 0.05) is 27.9 Å². The number of aromatic nitrogens is 2. The van der Waals surface area contributed by atoms with E-state index in [1.54, 1.807) is 12.1 Å². The normalized spacial score (nSPS) is 11.0. The quantitative estimate of drug-likeness (QED) is 0.253. The predicted octanol–water partition coefficient (Wildman–Crippen LogP) is 5.72. The smallest absolute Gasteiger partial charge is 0.289 e. The number of thiophene rings is 1. The van der Waals surface area contributed by atoms with E-state index < -0.39 is 4.92 Å². The molecular weight excluding hydrogens is 408 g/mol. The van der Waals surface area contributed by atoms with E-state index in [-0.39, 0.29) is 17.2 Å². The van der Waals surface area contributed by atoms with Gasteiger partial charge in [-0.15, -0.1) is 16.4 Å². The van der Waals surface area contributed by atoms with E-state index in [0.29, 0.717) is 16.6 Å². The summed E-state index contributed by atoms with van der Waals surface area (Å²) in [5.74, 6) is 0.358. The van der Waals surface area contributed by atoms with Gasteiger partial charge in [-0.05, 0) is 30.4 Å². The van der Waals surface area contributed by atoms with Crippen LogP contribution in [0.15, 0.2) is 52.9 Å². The van der Waals surface area contributed by atoms with E-state index in [1.807, 2.05) is 24.3 Å². The summed E-state index contributed by atoms with van der Waals surface area (Å²) in [5, 5.41) is 19.7. The Morgan fingerprint density at radius 1 is 1.26 bits per heavy atom. The van der Waals surface area contributed by atoms with Gasteiger partial charge in [-0.1, -0.05) is 29.8 Å². The number of halogens is 1. The molecule has 0 unspecified atom stereocenters. The van der Waals surface area contributed by atoms with Crippen molar-refractivity contribution in [2.45, 2.75) is 6.67 Å². The van der Waals surface area contributed by atoms with Crippen LogP contribution in [-0.2, 0) is 6.67 Å². The maximum atomic E-state index is 10.7. The molecule has 0 fully saturated rings. The van der Waals surface area contributed by atoms with E-state index in [9.17, 15) is 10.1 Å². The molecule has 0 amide bonds. The number of rotatable bonds is 5. The first-order valence-electron chi connectivity index (χ1n) is 7.76. The average Bonchev–Trinajstić information content (AvgIpc) is 3.20. The van der Waals surface area contributed by atoms with Crippen molar-refractivity contribution in [1.29, 1.82) is 0 Å². The molecule has 0 aliphatic heterocycles. The van der Waals surface area contributed by atoms with Gasteiger partial charge in [0.25, 0.3) is 16.4 Å². The second-order valence-electron chi connectivity index (χ2n) is 5.55. The van der Waals surface area contributed by atoms with Crippen molar-refractivity contribution in [2.24, 2.45) is 0 Å². The minimum atomic E-state index is -0.446. The second-order valence-corrected chi connectivity index (χ2v) is 7.33. The molecule has 10 heteroatoms. The van der Waals surface area contributed by atoms with Gasteiger partial charge >= 0.3 is 0 Å². The Morgan fingerprint density at radius 3 is 2.70 bits per heavy atom. The molecule has 4 aromatic rings. The van der Waals surface area contributed by atoms with Crippen molar-refractivity contribution in [3.8, 4) is 10.8 Å². The van der Waals surface area contributed by atoms with Crippen molar-refractivity contribution >= 4 is 56.6 Å². The molecule has 0 spiro atoms. The average molecular weight is 419 g/mol. The fraction of sp³-hybridized carbons (Fsp3) is 0.0588. The van der Waals surface area contributed by atoms with E-state index >= 15 is 0 Å². The van der Waals surface area contributed by atoms with Gasteiger partial charge in [0.15, 0.2) is 0 Å². The summed E-state index contributed by atoms with van der Waals surface area (Å²) >= 11 is 13.2. The summed E-state index contributed by atoms with van der Waals surface area (Å²) in [6.07, 6.45) is 0. The summed E-state index contributed by atoms with van der Waals surface area (Å²) in [6, 6.07) is 13.9. The Morgan fingerprint density at radius 2 is 2.00 bits per heavy atom. The van der Waals surface area contributed by atoms with Crippen LogP contribution in [0.5, 0.6) is 0 Å². The van der Waals surface area contributed by atoms with Gasteiger partial charge < -0.3 is 9.73 Å². The number of nitro benzene ring substituents is 1. The largest absolute Gasteiger partial charge is 0.408 e. The molecular formula is C17H11ClN4O3S2. The molecule has 0 aliphatic carbocycles. The fourth-order valence-corrected chi connectivity index (χ4v) is 4.13. The van der Waals surface area contributed by atoms with E-state index in [1.165, 1.54) is 28.2 Å². The van der Waals surface area contributed by atoms with Crippen molar-refractivity contribution in [1.82, 2.24) is 9.78 Å². The zero-order valence-electron chi connectivity index (χ0n) is 13.6. The van der Waals surface area contributed by atoms with Gasteiger partial charge in [0.1, 0.15) is 11.5 Å². The lowest BCUT2D eigenvalue weighted by molar-refractivity contribution is -0.384. The van der Waals surface area contributed by atoms with E-state index in [4.69, 9.17) is 28.2 Å². The highest BCUT2D eigenvalue weighted by atomic mass is 35.5. The van der Waals surface area contributed by atoms with E-state index in [0.717, 1.165) is 15.0 Å². The SMILES string of the molecule is O=[N+]([O-])c1ccc(NCn2nc(-c3sc4ccccc4c3Cl)oc2=S)cc1. The fourth-order valence-electron chi connectivity index (χ4n) is 2.52. The van der Waals surface area contributed by atoms with Crippen molar-refractivity contribution in [3.05, 3.63) is 68.5 Å². The predicted molar refractivity (Wildman–Crippen MR) is 108 cm³/mol. The lowest BCUT2D eigenvalue weighted by Crippen LogP contribution is -2.09. The Balaban J connectivity index is 1.57. The summed E-state index contributed by atoms with van der Waals surface area (Å²) in [4.78, 5) is 11.2. The molecule has 0 saturated carbocycles. The van der Waals surface area contributed by atoms with Crippen molar-refractivity contribution in [3.63, 3.8) is 0 Å². The summed E-state index contributed by atoms with van der Waals surface area (Å²) in [7, 11) is 0. The van der Waals surface area contributed by atoms with Gasteiger partial charge in [0.2, 0.25) is 0 Å². The third-order valence-corrected chi connectivity index (χ3v) is 5.80. The third kappa shape index (κ3) is 3.44. The molecule has 0 atom stereocenters. The number of nitro groups is 1. The Labute approximate surface area is 167 Å². The molecule has 0 radical (unpaired) electrons. The number of benzene rings is 2. The first kappa shape index (κ1) is 17.7. The van der Waals surface area contributed by atoms with Crippen LogP contribution in [0.3, 0.4) is 0 Å². The summed E-state index contributed by atoms with van der Waals surface area (Å²) in [5.41, 5.74) is 0.729. The van der Waals surface area contributed by atoms with Crippen LogP contribution in [-0.4, -0.2) is 14.7 Å². The second kappa shape index (κ2) is 7.10. The molecule has 2 heterocycles. The molecule has 7 nitrogen and oxygen atoms in total. The lowest BCUT2D eigenvalue weighted by atomic mass is 10.2. The lowest BCUT2D eigenvalue weighted by Gasteiger charge is -2.04. The number of hydrogen-bond donors (Lipinski definition) is 1. The zero-order chi connectivity index (χ0) is 19.0. The first-order chi connectivity index (χ1) is 13.0.